The maximum absolute atomic E-state index is 12.5. The third-order valence-electron chi connectivity index (χ3n) is 3.30. The first-order valence-corrected chi connectivity index (χ1v) is 6.30. The van der Waals surface area contributed by atoms with Crippen LogP contribution in [0, 0.1) is 0 Å². The Hall–Kier alpha value is -2.15. The molecule has 0 saturated carbocycles. The molecule has 2 heterocycles. The van der Waals surface area contributed by atoms with E-state index in [-0.39, 0.29) is 12.5 Å². The first-order valence-electron chi connectivity index (χ1n) is 6.30. The maximum Gasteiger partial charge on any atom is 0.325 e. The highest BCUT2D eigenvalue weighted by Crippen LogP contribution is 2.29. The summed E-state index contributed by atoms with van der Waals surface area (Å²) in [6.45, 7) is 0.358. The van der Waals surface area contributed by atoms with Crippen LogP contribution in [0.2, 0.25) is 0 Å². The molecule has 0 bridgehead atoms. The Balaban J connectivity index is 2.45. The Morgan fingerprint density at radius 3 is 3.00 bits per heavy atom. The van der Waals surface area contributed by atoms with E-state index < -0.39 is 12.0 Å². The van der Waals surface area contributed by atoms with Crippen LogP contribution in [0.1, 0.15) is 0 Å². The summed E-state index contributed by atoms with van der Waals surface area (Å²) in [6.07, 6.45) is 1.66. The number of carbonyl (C=O) groups is 2. The Kier molecular flexibility index (Phi) is 4.19. The number of fused-ring (bicyclic) bond motifs is 1. The lowest BCUT2D eigenvalue weighted by molar-refractivity contribution is -0.140. The first kappa shape index (κ1) is 14.3. The summed E-state index contributed by atoms with van der Waals surface area (Å²) in [7, 11) is 4.89. The maximum atomic E-state index is 12.5. The van der Waals surface area contributed by atoms with Crippen LogP contribution in [-0.4, -0.2) is 57.2 Å². The molecule has 1 amide bonds. The summed E-state index contributed by atoms with van der Waals surface area (Å²) in [5.41, 5.74) is 0.614. The molecular formula is C13H18N4O3. The van der Waals surface area contributed by atoms with Crippen LogP contribution < -0.4 is 15.1 Å². The number of rotatable bonds is 3. The van der Waals surface area contributed by atoms with Crippen LogP contribution in [-0.2, 0) is 14.3 Å². The highest BCUT2D eigenvalue weighted by Gasteiger charge is 2.33. The van der Waals surface area contributed by atoms with Gasteiger partial charge in [-0.3, -0.25) is 14.5 Å². The summed E-state index contributed by atoms with van der Waals surface area (Å²) >= 11 is 0. The molecular weight excluding hydrogens is 260 g/mol. The molecule has 1 aromatic rings. The number of nitrogens with one attached hydrogen (secondary N) is 1. The molecule has 0 fully saturated rings. The average Bonchev–Trinajstić information content (AvgIpc) is 2.57. The van der Waals surface area contributed by atoms with Crippen LogP contribution >= 0.6 is 0 Å². The van der Waals surface area contributed by atoms with E-state index >= 15 is 0 Å². The van der Waals surface area contributed by atoms with Gasteiger partial charge in [-0.05, 0) is 19.2 Å². The zero-order valence-electron chi connectivity index (χ0n) is 11.8. The number of pyridine rings is 1. The highest BCUT2D eigenvalue weighted by atomic mass is 16.5. The van der Waals surface area contributed by atoms with Gasteiger partial charge in [-0.2, -0.15) is 0 Å². The van der Waals surface area contributed by atoms with Crippen molar-refractivity contribution in [2.24, 2.45) is 0 Å². The molecule has 0 spiro atoms. The van der Waals surface area contributed by atoms with Gasteiger partial charge in [0.15, 0.2) is 5.82 Å². The third kappa shape index (κ3) is 2.57. The molecule has 1 unspecified atom stereocenters. The number of ether oxygens (including phenoxy) is 1. The van der Waals surface area contributed by atoms with Crippen molar-refractivity contribution < 1.29 is 14.3 Å². The van der Waals surface area contributed by atoms with Crippen molar-refractivity contribution in [1.29, 1.82) is 0 Å². The van der Waals surface area contributed by atoms with E-state index in [0.29, 0.717) is 18.1 Å². The normalized spacial score (nSPS) is 18.6. The lowest BCUT2D eigenvalue weighted by Gasteiger charge is -2.23. The van der Waals surface area contributed by atoms with E-state index in [1.54, 1.807) is 25.4 Å². The highest BCUT2D eigenvalue weighted by molar-refractivity contribution is 6.04. The molecule has 1 aromatic heterocycles. The summed E-state index contributed by atoms with van der Waals surface area (Å²) in [4.78, 5) is 31.7. The molecule has 0 radical (unpaired) electrons. The van der Waals surface area contributed by atoms with E-state index in [2.05, 4.69) is 15.0 Å². The van der Waals surface area contributed by atoms with Gasteiger partial charge in [0.1, 0.15) is 12.6 Å². The second-order valence-electron chi connectivity index (χ2n) is 4.57. The van der Waals surface area contributed by atoms with Gasteiger partial charge in [0.05, 0.1) is 12.8 Å². The minimum atomic E-state index is -0.465. The van der Waals surface area contributed by atoms with Gasteiger partial charge in [0.2, 0.25) is 5.91 Å². The molecule has 0 aliphatic carbocycles. The van der Waals surface area contributed by atoms with E-state index in [9.17, 15) is 9.59 Å². The number of methoxy groups -OCH3 is 1. The second-order valence-corrected chi connectivity index (χ2v) is 4.57. The van der Waals surface area contributed by atoms with Crippen LogP contribution in [0.25, 0.3) is 0 Å². The summed E-state index contributed by atoms with van der Waals surface area (Å²) in [6, 6.07) is 3.11. The van der Waals surface area contributed by atoms with Crippen molar-refractivity contribution in [1.82, 2.24) is 10.3 Å². The smallest absolute Gasteiger partial charge is 0.325 e. The molecule has 1 atom stereocenters. The molecule has 0 saturated heterocycles. The Bertz CT molecular complexity index is 520. The standard InChI is InChI=1S/C13H18N4O3/c1-14-9-7-16(2)12-10(5-4-6-15-12)17(13(9)19)8-11(18)20-3/h4-6,9,14H,7-8H2,1-3H3. The van der Waals surface area contributed by atoms with Crippen molar-refractivity contribution in [3.63, 3.8) is 0 Å². The molecule has 20 heavy (non-hydrogen) atoms. The first-order chi connectivity index (χ1) is 9.58. The van der Waals surface area contributed by atoms with Crippen LogP contribution in [0.15, 0.2) is 18.3 Å². The Labute approximate surface area is 117 Å². The van der Waals surface area contributed by atoms with E-state index in [1.807, 2.05) is 11.9 Å². The zero-order chi connectivity index (χ0) is 14.7. The molecule has 1 N–H and O–H groups in total. The molecule has 2 rings (SSSR count). The van der Waals surface area contributed by atoms with E-state index in [1.165, 1.54) is 12.0 Å². The lowest BCUT2D eigenvalue weighted by atomic mass is 10.2. The molecule has 108 valence electrons. The number of carbonyl (C=O) groups excluding carboxylic acids is 2. The average molecular weight is 278 g/mol. The van der Waals surface area contributed by atoms with Crippen LogP contribution in [0.4, 0.5) is 11.5 Å². The quantitative estimate of drug-likeness (QED) is 0.760. The number of likely N-dealkylation sites (N-methyl/N-ethyl adjacent to an activating group) is 2. The minimum Gasteiger partial charge on any atom is -0.468 e. The summed E-state index contributed by atoms with van der Waals surface area (Å²) < 4.78 is 4.67. The van der Waals surface area contributed by atoms with Crippen molar-refractivity contribution in [3.8, 4) is 0 Å². The van der Waals surface area contributed by atoms with Crippen molar-refractivity contribution in [2.75, 3.05) is 44.1 Å². The number of amides is 1. The van der Waals surface area contributed by atoms with Gasteiger partial charge in [-0.25, -0.2) is 4.98 Å². The van der Waals surface area contributed by atoms with Gasteiger partial charge >= 0.3 is 5.97 Å². The predicted octanol–water partition coefficient (Wildman–Crippen LogP) is -0.375. The Morgan fingerprint density at radius 1 is 1.60 bits per heavy atom. The second kappa shape index (κ2) is 5.87. The number of hydrogen-bond acceptors (Lipinski definition) is 6. The van der Waals surface area contributed by atoms with Crippen molar-refractivity contribution in [2.45, 2.75) is 6.04 Å². The minimum absolute atomic E-state index is 0.125. The predicted molar refractivity (Wildman–Crippen MR) is 74.7 cm³/mol. The van der Waals surface area contributed by atoms with Gasteiger partial charge < -0.3 is 15.0 Å². The van der Waals surface area contributed by atoms with Crippen molar-refractivity contribution in [3.05, 3.63) is 18.3 Å². The van der Waals surface area contributed by atoms with Crippen molar-refractivity contribution >= 4 is 23.4 Å². The lowest BCUT2D eigenvalue weighted by Crippen LogP contribution is -2.49. The monoisotopic (exact) mass is 278 g/mol. The number of aromatic nitrogens is 1. The third-order valence-corrected chi connectivity index (χ3v) is 3.30. The van der Waals surface area contributed by atoms with E-state index in [0.717, 1.165) is 0 Å². The number of hydrogen-bond donors (Lipinski definition) is 1. The van der Waals surface area contributed by atoms with Gasteiger partial charge in [0.25, 0.3) is 0 Å². The molecule has 1 aliphatic heterocycles. The van der Waals surface area contributed by atoms with Crippen LogP contribution in [0.5, 0.6) is 0 Å². The number of nitrogens with zero attached hydrogens (tertiary/aromatic N) is 3. The number of anilines is 2. The van der Waals surface area contributed by atoms with Crippen LogP contribution in [0.3, 0.4) is 0 Å². The zero-order valence-corrected chi connectivity index (χ0v) is 11.8. The largest absolute Gasteiger partial charge is 0.468 e. The molecule has 7 heteroatoms. The Morgan fingerprint density at radius 2 is 2.35 bits per heavy atom. The van der Waals surface area contributed by atoms with E-state index in [4.69, 9.17) is 0 Å². The topological polar surface area (TPSA) is 74.8 Å². The van der Waals surface area contributed by atoms with Gasteiger partial charge in [-0.15, -0.1) is 0 Å². The fourth-order valence-electron chi connectivity index (χ4n) is 2.21. The summed E-state index contributed by atoms with van der Waals surface area (Å²) in [5.74, 6) is 0.0339. The van der Waals surface area contributed by atoms with Gasteiger partial charge in [0, 0.05) is 19.8 Å². The summed E-state index contributed by atoms with van der Waals surface area (Å²) in [5, 5.41) is 2.97. The molecule has 1 aliphatic rings. The SMILES string of the molecule is CNC1CN(C)c2ncccc2N(CC(=O)OC)C1=O. The molecule has 7 nitrogen and oxygen atoms in total. The number of esters is 1. The fraction of sp³-hybridized carbons (Fsp3) is 0.462. The molecule has 0 aromatic carbocycles. The fourth-order valence-corrected chi connectivity index (χ4v) is 2.21. The van der Waals surface area contributed by atoms with Gasteiger partial charge in [-0.1, -0.05) is 0 Å².